The van der Waals surface area contributed by atoms with Crippen molar-refractivity contribution in [2.24, 2.45) is 0 Å². The predicted molar refractivity (Wildman–Crippen MR) is 131 cm³/mol. The predicted octanol–water partition coefficient (Wildman–Crippen LogP) is 5.26. The molecule has 2 N–H and O–H groups in total. The van der Waals surface area contributed by atoms with Gasteiger partial charge in [-0.3, -0.25) is 4.79 Å². The van der Waals surface area contributed by atoms with Crippen molar-refractivity contribution in [2.75, 3.05) is 11.1 Å². The molecule has 0 unspecified atom stereocenters. The third-order valence-corrected chi connectivity index (χ3v) is 7.85. The maximum atomic E-state index is 13.3. The van der Waals surface area contributed by atoms with Gasteiger partial charge in [-0.1, -0.05) is 72.4 Å². The van der Waals surface area contributed by atoms with Crippen molar-refractivity contribution in [1.82, 2.24) is 9.97 Å². The van der Waals surface area contributed by atoms with Crippen molar-refractivity contribution in [1.29, 1.82) is 0 Å². The van der Waals surface area contributed by atoms with Gasteiger partial charge in [0.25, 0.3) is 0 Å². The fourth-order valence-electron chi connectivity index (χ4n) is 3.26. The van der Waals surface area contributed by atoms with E-state index in [1.807, 2.05) is 62.4 Å². The molecule has 0 saturated heterocycles. The van der Waals surface area contributed by atoms with Gasteiger partial charge in [0, 0.05) is 11.3 Å². The number of benzene rings is 3. The van der Waals surface area contributed by atoms with Crippen LogP contribution < -0.4 is 5.32 Å². The first-order valence-electron chi connectivity index (χ1n) is 10.3. The molecule has 0 atom stereocenters. The molecule has 4 aromatic rings. The van der Waals surface area contributed by atoms with Gasteiger partial charge in [0.05, 0.1) is 10.6 Å². The zero-order valence-electron chi connectivity index (χ0n) is 18.2. The van der Waals surface area contributed by atoms with Gasteiger partial charge in [0.2, 0.25) is 15.7 Å². The second-order valence-electron chi connectivity index (χ2n) is 7.56. The zero-order chi connectivity index (χ0) is 23.4. The standard InChI is InChI=1S/C25H23N3O3S2/c1-17-13-14-18(2)21(15-17)26-22(29)16-32-24-25(33(30,31)20-11-7-4-8-12-20)28-23(27-24)19-9-5-3-6-10-19/h3-15H,16H2,1-2H3,(H,26,29)(H,27,28). The molecule has 0 aliphatic rings. The van der Waals surface area contributed by atoms with Crippen molar-refractivity contribution >= 4 is 33.2 Å². The number of amides is 1. The maximum Gasteiger partial charge on any atom is 0.234 e. The van der Waals surface area contributed by atoms with E-state index in [0.29, 0.717) is 5.82 Å². The quantitative estimate of drug-likeness (QED) is 0.354. The Balaban J connectivity index is 1.63. The Kier molecular flexibility index (Phi) is 6.67. The molecule has 0 aliphatic heterocycles. The average molecular weight is 478 g/mol. The van der Waals surface area contributed by atoms with E-state index in [1.165, 1.54) is 0 Å². The third kappa shape index (κ3) is 5.18. The molecule has 4 rings (SSSR count). The summed E-state index contributed by atoms with van der Waals surface area (Å²) >= 11 is 1.09. The fourth-order valence-corrected chi connectivity index (χ4v) is 5.70. The molecule has 3 aromatic carbocycles. The number of rotatable bonds is 7. The summed E-state index contributed by atoms with van der Waals surface area (Å²) in [6, 6.07) is 23.3. The van der Waals surface area contributed by atoms with Gasteiger partial charge in [0.1, 0.15) is 10.9 Å². The summed E-state index contributed by atoms with van der Waals surface area (Å²) in [5, 5.41) is 3.14. The second-order valence-corrected chi connectivity index (χ2v) is 10.4. The number of aryl methyl sites for hydroxylation is 2. The molecule has 8 heteroatoms. The number of carbonyl (C=O) groups is 1. The zero-order valence-corrected chi connectivity index (χ0v) is 19.8. The van der Waals surface area contributed by atoms with Crippen LogP contribution in [0.4, 0.5) is 5.69 Å². The lowest BCUT2D eigenvalue weighted by molar-refractivity contribution is -0.113. The van der Waals surface area contributed by atoms with E-state index in [0.717, 1.165) is 34.1 Å². The van der Waals surface area contributed by atoms with Gasteiger partial charge in [-0.15, -0.1) is 0 Å². The van der Waals surface area contributed by atoms with Crippen molar-refractivity contribution in [2.45, 2.75) is 28.8 Å². The molecule has 0 radical (unpaired) electrons. The molecule has 0 bridgehead atoms. The van der Waals surface area contributed by atoms with E-state index in [1.54, 1.807) is 30.3 Å². The molecule has 0 aliphatic carbocycles. The smallest absolute Gasteiger partial charge is 0.234 e. The van der Waals surface area contributed by atoms with Crippen LogP contribution in [0.25, 0.3) is 11.4 Å². The molecule has 0 spiro atoms. The van der Waals surface area contributed by atoms with Gasteiger partial charge in [-0.2, -0.15) is 0 Å². The van der Waals surface area contributed by atoms with E-state index in [-0.39, 0.29) is 26.6 Å². The normalized spacial score (nSPS) is 11.3. The molecular weight excluding hydrogens is 454 g/mol. The number of aromatic amines is 1. The highest BCUT2D eigenvalue weighted by atomic mass is 32.2. The summed E-state index contributed by atoms with van der Waals surface area (Å²) in [6.07, 6.45) is 0. The van der Waals surface area contributed by atoms with Crippen molar-refractivity contribution in [3.05, 3.63) is 90.0 Å². The van der Waals surface area contributed by atoms with Crippen molar-refractivity contribution in [3.8, 4) is 11.4 Å². The number of thioether (sulfide) groups is 1. The molecule has 1 amide bonds. The van der Waals surface area contributed by atoms with Crippen LogP contribution >= 0.6 is 11.8 Å². The van der Waals surface area contributed by atoms with Crippen molar-refractivity contribution in [3.63, 3.8) is 0 Å². The minimum atomic E-state index is -3.85. The van der Waals surface area contributed by atoms with Crippen LogP contribution in [0.3, 0.4) is 0 Å². The van der Waals surface area contributed by atoms with Crippen LogP contribution in [-0.2, 0) is 14.6 Å². The molecule has 1 heterocycles. The summed E-state index contributed by atoms with van der Waals surface area (Å²) in [7, 11) is -3.85. The number of nitrogens with one attached hydrogen (secondary N) is 2. The first-order chi connectivity index (χ1) is 15.8. The molecule has 33 heavy (non-hydrogen) atoms. The number of imidazole rings is 1. The maximum absolute atomic E-state index is 13.3. The minimum Gasteiger partial charge on any atom is -0.328 e. The van der Waals surface area contributed by atoms with Gasteiger partial charge < -0.3 is 10.3 Å². The lowest BCUT2D eigenvalue weighted by Crippen LogP contribution is -2.15. The first kappa shape index (κ1) is 22.8. The lowest BCUT2D eigenvalue weighted by Gasteiger charge is -2.09. The summed E-state index contributed by atoms with van der Waals surface area (Å²) in [5.41, 5.74) is 3.50. The summed E-state index contributed by atoms with van der Waals surface area (Å²) in [5.74, 6) is 0.215. The highest BCUT2D eigenvalue weighted by molar-refractivity contribution is 8.00. The Hall–Kier alpha value is -3.36. The Morgan fingerprint density at radius 3 is 2.33 bits per heavy atom. The van der Waals surface area contributed by atoms with E-state index < -0.39 is 9.84 Å². The largest absolute Gasteiger partial charge is 0.328 e. The van der Waals surface area contributed by atoms with Crippen LogP contribution in [0, 0.1) is 13.8 Å². The minimum absolute atomic E-state index is 0.0166. The number of H-pyrrole nitrogens is 1. The Labute approximate surface area is 197 Å². The fraction of sp³-hybridized carbons (Fsp3) is 0.120. The van der Waals surface area contributed by atoms with Gasteiger partial charge in [0.15, 0.2) is 5.03 Å². The number of sulfone groups is 1. The number of carbonyl (C=O) groups excluding carboxylic acids is 1. The highest BCUT2D eigenvalue weighted by Gasteiger charge is 2.26. The summed E-state index contributed by atoms with van der Waals surface area (Å²) in [4.78, 5) is 20.3. The first-order valence-corrected chi connectivity index (χ1v) is 12.8. The summed E-state index contributed by atoms with van der Waals surface area (Å²) < 4.78 is 26.7. The average Bonchev–Trinajstić information content (AvgIpc) is 3.27. The lowest BCUT2D eigenvalue weighted by atomic mass is 10.1. The number of aromatic nitrogens is 2. The third-order valence-electron chi connectivity index (χ3n) is 5.02. The van der Waals surface area contributed by atoms with Crippen LogP contribution in [-0.4, -0.2) is 30.0 Å². The molecule has 6 nitrogen and oxygen atoms in total. The SMILES string of the molecule is Cc1ccc(C)c(NC(=O)CSc2nc(-c3ccccc3)[nH]c2S(=O)(=O)c2ccccc2)c1. The Morgan fingerprint density at radius 2 is 1.64 bits per heavy atom. The van der Waals surface area contributed by atoms with Gasteiger partial charge in [-0.05, 0) is 43.2 Å². The van der Waals surface area contributed by atoms with E-state index in [9.17, 15) is 13.2 Å². The molecule has 168 valence electrons. The number of hydrogen-bond acceptors (Lipinski definition) is 5. The van der Waals surface area contributed by atoms with Crippen LogP contribution in [0.5, 0.6) is 0 Å². The highest BCUT2D eigenvalue weighted by Crippen LogP contribution is 2.32. The molecule has 0 saturated carbocycles. The monoisotopic (exact) mass is 477 g/mol. The van der Waals surface area contributed by atoms with Gasteiger partial charge in [-0.25, -0.2) is 13.4 Å². The Bertz CT molecular complexity index is 1380. The number of anilines is 1. The van der Waals surface area contributed by atoms with Crippen LogP contribution in [0.15, 0.2) is 93.8 Å². The van der Waals surface area contributed by atoms with Crippen molar-refractivity contribution < 1.29 is 13.2 Å². The molecular formula is C25H23N3O3S2. The van der Waals surface area contributed by atoms with E-state index in [4.69, 9.17) is 0 Å². The topological polar surface area (TPSA) is 91.9 Å². The van der Waals surface area contributed by atoms with Gasteiger partial charge >= 0.3 is 0 Å². The van der Waals surface area contributed by atoms with Crippen LogP contribution in [0.1, 0.15) is 11.1 Å². The number of nitrogens with zero attached hydrogens (tertiary/aromatic N) is 1. The number of hydrogen-bond donors (Lipinski definition) is 2. The second kappa shape index (κ2) is 9.64. The van der Waals surface area contributed by atoms with E-state index >= 15 is 0 Å². The Morgan fingerprint density at radius 1 is 0.970 bits per heavy atom. The van der Waals surface area contributed by atoms with E-state index in [2.05, 4.69) is 15.3 Å². The summed E-state index contributed by atoms with van der Waals surface area (Å²) in [6.45, 7) is 3.88. The molecule has 1 aromatic heterocycles. The molecule has 0 fully saturated rings. The van der Waals surface area contributed by atoms with Crippen LogP contribution in [0.2, 0.25) is 0 Å².